The van der Waals surface area contributed by atoms with Gasteiger partial charge in [-0.25, -0.2) is 0 Å². The summed E-state index contributed by atoms with van der Waals surface area (Å²) in [6.07, 6.45) is 0. The number of benzene rings is 3. The first kappa shape index (κ1) is 17.9. The van der Waals surface area contributed by atoms with Crippen molar-refractivity contribution >= 4 is 21.8 Å². The van der Waals surface area contributed by atoms with Gasteiger partial charge >= 0.3 is 0 Å². The predicted octanol–water partition coefficient (Wildman–Crippen LogP) is 7.38. The molecule has 1 nitrogen and oxygen atoms in total. The summed E-state index contributed by atoms with van der Waals surface area (Å²) in [4.78, 5) is 0. The van der Waals surface area contributed by atoms with Crippen LogP contribution in [-0.4, -0.2) is 4.57 Å². The molecule has 0 saturated carbocycles. The summed E-state index contributed by atoms with van der Waals surface area (Å²) in [5.74, 6) is 0. The van der Waals surface area contributed by atoms with Gasteiger partial charge in [-0.2, -0.15) is 0 Å². The van der Waals surface area contributed by atoms with E-state index in [-0.39, 0.29) is 10.8 Å². The highest BCUT2D eigenvalue weighted by molar-refractivity contribution is 6.10. The first-order valence-electron chi connectivity index (χ1n) is 9.81. The third-order valence-electron chi connectivity index (χ3n) is 5.48. The second kappa shape index (κ2) is 5.99. The summed E-state index contributed by atoms with van der Waals surface area (Å²) in [5.41, 5.74) is 6.80. The Morgan fingerprint density at radius 3 is 1.96 bits per heavy atom. The number of aromatic nitrogens is 1. The molecule has 0 unspecified atom stereocenters. The van der Waals surface area contributed by atoms with Crippen LogP contribution in [-0.2, 0) is 10.8 Å². The van der Waals surface area contributed by atoms with E-state index in [2.05, 4.69) is 113 Å². The van der Waals surface area contributed by atoms with Crippen LogP contribution in [0.4, 0.5) is 0 Å². The molecule has 0 fully saturated rings. The van der Waals surface area contributed by atoms with Crippen molar-refractivity contribution in [3.63, 3.8) is 0 Å². The summed E-state index contributed by atoms with van der Waals surface area (Å²) in [6.45, 7) is 13.7. The molecule has 1 heteroatoms. The van der Waals surface area contributed by atoms with Gasteiger partial charge in [-0.3, -0.25) is 0 Å². The number of nitrogens with zero attached hydrogens (tertiary/aromatic N) is 1. The molecule has 0 spiro atoms. The molecule has 0 N–H and O–H groups in total. The maximum absolute atomic E-state index is 2.46. The molecule has 1 aromatic heterocycles. The molecule has 0 saturated heterocycles. The molecular formula is C26H29N. The van der Waals surface area contributed by atoms with Gasteiger partial charge in [-0.1, -0.05) is 90.1 Å². The molecule has 3 aromatic carbocycles. The van der Waals surface area contributed by atoms with Crippen molar-refractivity contribution < 1.29 is 0 Å². The monoisotopic (exact) mass is 355 g/mol. The lowest BCUT2D eigenvalue weighted by Crippen LogP contribution is -2.13. The molecule has 0 atom stereocenters. The Labute approximate surface area is 162 Å². The lowest BCUT2D eigenvalue weighted by molar-refractivity contribution is 0.590. The third-order valence-corrected chi connectivity index (χ3v) is 5.48. The van der Waals surface area contributed by atoms with Crippen LogP contribution in [0.15, 0.2) is 66.7 Å². The maximum atomic E-state index is 2.46. The quantitative estimate of drug-likeness (QED) is 0.336. The minimum Gasteiger partial charge on any atom is -0.309 e. The normalized spacial score (nSPS) is 12.8. The van der Waals surface area contributed by atoms with Crippen LogP contribution < -0.4 is 0 Å². The average Bonchev–Trinajstić information content (AvgIpc) is 2.94. The zero-order valence-corrected chi connectivity index (χ0v) is 17.3. The van der Waals surface area contributed by atoms with E-state index in [1.807, 2.05) is 0 Å². The molecule has 1 heterocycles. The molecule has 27 heavy (non-hydrogen) atoms. The summed E-state index contributed by atoms with van der Waals surface area (Å²) in [5, 5.41) is 2.66. The molecule has 0 aliphatic heterocycles. The summed E-state index contributed by atoms with van der Waals surface area (Å²) < 4.78 is 2.46. The zero-order chi connectivity index (χ0) is 19.4. The fraction of sp³-hybridized carbons (Fsp3) is 0.308. The molecule has 0 aliphatic rings. The Kier molecular flexibility index (Phi) is 3.96. The van der Waals surface area contributed by atoms with Crippen molar-refractivity contribution in [3.05, 3.63) is 77.9 Å². The maximum Gasteiger partial charge on any atom is 0.0578 e. The van der Waals surface area contributed by atoms with Crippen molar-refractivity contribution in [2.24, 2.45) is 0 Å². The van der Waals surface area contributed by atoms with E-state index in [9.17, 15) is 0 Å². The van der Waals surface area contributed by atoms with E-state index in [1.165, 1.54) is 38.6 Å². The summed E-state index contributed by atoms with van der Waals surface area (Å²) in [7, 11) is 0. The second-order valence-electron chi connectivity index (χ2n) is 9.60. The number of rotatable bonds is 1. The zero-order valence-electron chi connectivity index (χ0n) is 17.3. The van der Waals surface area contributed by atoms with Gasteiger partial charge < -0.3 is 4.57 Å². The third kappa shape index (κ3) is 2.96. The van der Waals surface area contributed by atoms with Crippen LogP contribution in [0.3, 0.4) is 0 Å². The largest absolute Gasteiger partial charge is 0.309 e. The van der Waals surface area contributed by atoms with Crippen molar-refractivity contribution in [3.8, 4) is 5.69 Å². The lowest BCUT2D eigenvalue weighted by atomic mass is 9.85. The number of fused-ring (bicyclic) bond motifs is 3. The smallest absolute Gasteiger partial charge is 0.0578 e. The predicted molar refractivity (Wildman–Crippen MR) is 118 cm³/mol. The molecule has 0 aliphatic carbocycles. The van der Waals surface area contributed by atoms with Crippen molar-refractivity contribution in [2.45, 2.75) is 52.4 Å². The second-order valence-corrected chi connectivity index (χ2v) is 9.60. The highest BCUT2D eigenvalue weighted by Crippen LogP contribution is 2.39. The van der Waals surface area contributed by atoms with Gasteiger partial charge in [0.2, 0.25) is 0 Å². The van der Waals surface area contributed by atoms with E-state index < -0.39 is 0 Å². The standard InChI is InChI=1S/C26H29N/c1-25(2,3)18-15-16-20-21-13-10-14-22(26(4,5)6)24(21)27(23(20)17-18)19-11-8-7-9-12-19/h7-17H,1-6H3. The van der Waals surface area contributed by atoms with Crippen LogP contribution in [0.5, 0.6) is 0 Å². The number of para-hydroxylation sites is 2. The van der Waals surface area contributed by atoms with Crippen LogP contribution in [0.1, 0.15) is 52.7 Å². The highest BCUT2D eigenvalue weighted by atomic mass is 15.0. The SMILES string of the molecule is CC(C)(C)c1ccc2c3cccc(C(C)(C)C)c3n(-c3ccccc3)c2c1. The molecular weight excluding hydrogens is 326 g/mol. The van der Waals surface area contributed by atoms with Crippen LogP contribution in [0.25, 0.3) is 27.5 Å². The Morgan fingerprint density at radius 2 is 1.33 bits per heavy atom. The molecule has 138 valence electrons. The minimum absolute atomic E-state index is 0.0767. The van der Waals surface area contributed by atoms with Gasteiger partial charge in [0.05, 0.1) is 11.0 Å². The van der Waals surface area contributed by atoms with Crippen LogP contribution >= 0.6 is 0 Å². The molecule has 4 aromatic rings. The lowest BCUT2D eigenvalue weighted by Gasteiger charge is -2.22. The number of hydrogen-bond acceptors (Lipinski definition) is 0. The van der Waals surface area contributed by atoms with E-state index in [0.717, 1.165) is 0 Å². The van der Waals surface area contributed by atoms with E-state index in [1.54, 1.807) is 0 Å². The molecule has 0 radical (unpaired) electrons. The van der Waals surface area contributed by atoms with Gasteiger partial charge in [0.1, 0.15) is 0 Å². The Balaban J connectivity index is 2.22. The average molecular weight is 356 g/mol. The van der Waals surface area contributed by atoms with Gasteiger partial charge in [0.15, 0.2) is 0 Å². The minimum atomic E-state index is 0.0767. The van der Waals surface area contributed by atoms with Gasteiger partial charge in [-0.05, 0) is 40.2 Å². The summed E-state index contributed by atoms with van der Waals surface area (Å²) >= 11 is 0. The van der Waals surface area contributed by atoms with Gasteiger partial charge in [0.25, 0.3) is 0 Å². The first-order valence-corrected chi connectivity index (χ1v) is 9.81. The fourth-order valence-corrected chi connectivity index (χ4v) is 3.98. The van der Waals surface area contributed by atoms with E-state index >= 15 is 0 Å². The first-order chi connectivity index (χ1) is 12.7. The molecule has 0 bridgehead atoms. The Morgan fingerprint density at radius 1 is 0.630 bits per heavy atom. The topological polar surface area (TPSA) is 4.93 Å². The van der Waals surface area contributed by atoms with Crippen molar-refractivity contribution in [2.75, 3.05) is 0 Å². The van der Waals surface area contributed by atoms with Gasteiger partial charge in [-0.15, -0.1) is 0 Å². The van der Waals surface area contributed by atoms with Crippen molar-refractivity contribution in [1.29, 1.82) is 0 Å². The Bertz CT molecular complexity index is 1120. The Hall–Kier alpha value is -2.54. The van der Waals surface area contributed by atoms with Crippen LogP contribution in [0, 0.1) is 0 Å². The van der Waals surface area contributed by atoms with E-state index in [0.29, 0.717) is 0 Å². The highest BCUT2D eigenvalue weighted by Gasteiger charge is 2.23. The van der Waals surface area contributed by atoms with Crippen LogP contribution in [0.2, 0.25) is 0 Å². The van der Waals surface area contributed by atoms with Crippen molar-refractivity contribution in [1.82, 2.24) is 4.57 Å². The molecule has 4 rings (SSSR count). The molecule has 0 amide bonds. The number of hydrogen-bond donors (Lipinski definition) is 0. The summed E-state index contributed by atoms with van der Waals surface area (Å²) in [6, 6.07) is 24.5. The van der Waals surface area contributed by atoms with E-state index in [4.69, 9.17) is 0 Å². The fourth-order valence-electron chi connectivity index (χ4n) is 3.98. The van der Waals surface area contributed by atoms with Gasteiger partial charge in [0, 0.05) is 16.5 Å².